The summed E-state index contributed by atoms with van der Waals surface area (Å²) >= 11 is 0. The van der Waals surface area contributed by atoms with Crippen molar-refractivity contribution in [2.45, 2.75) is 32.2 Å². The third kappa shape index (κ3) is 4.24. The summed E-state index contributed by atoms with van der Waals surface area (Å²) in [5.41, 5.74) is 1.91. The van der Waals surface area contributed by atoms with Gasteiger partial charge in [0.05, 0.1) is 17.2 Å². The van der Waals surface area contributed by atoms with Crippen molar-refractivity contribution in [1.82, 2.24) is 15.2 Å². The fourth-order valence-electron chi connectivity index (χ4n) is 3.07. The Bertz CT molecular complexity index is 740. The van der Waals surface area contributed by atoms with Gasteiger partial charge < -0.3 is 10.2 Å². The molecule has 130 valence electrons. The largest absolute Gasteiger partial charge is 0.345 e. The van der Waals surface area contributed by atoms with E-state index in [1.807, 2.05) is 42.2 Å². The zero-order chi connectivity index (χ0) is 17.6. The van der Waals surface area contributed by atoms with Crippen molar-refractivity contribution < 1.29 is 9.59 Å². The van der Waals surface area contributed by atoms with Gasteiger partial charge in [-0.25, -0.2) is 0 Å². The van der Waals surface area contributed by atoms with E-state index in [1.54, 1.807) is 6.07 Å². The first-order chi connectivity index (χ1) is 12.1. The molecule has 1 aromatic carbocycles. The highest BCUT2D eigenvalue weighted by Crippen LogP contribution is 2.15. The number of likely N-dealkylation sites (tertiary alicyclic amines) is 1. The molecule has 0 radical (unpaired) electrons. The fourth-order valence-corrected chi connectivity index (χ4v) is 3.07. The average Bonchev–Trinajstić information content (AvgIpc) is 2.68. The number of piperidine rings is 1. The number of rotatable bonds is 4. The molecule has 5 heteroatoms. The van der Waals surface area contributed by atoms with Crippen LogP contribution in [0.25, 0.3) is 0 Å². The summed E-state index contributed by atoms with van der Waals surface area (Å²) < 4.78 is 0. The van der Waals surface area contributed by atoms with Crippen molar-refractivity contribution >= 4 is 11.8 Å². The van der Waals surface area contributed by atoms with Crippen molar-refractivity contribution in [3.63, 3.8) is 0 Å². The van der Waals surface area contributed by atoms with Crippen LogP contribution in [0.1, 0.15) is 58.5 Å². The van der Waals surface area contributed by atoms with Crippen LogP contribution in [0.5, 0.6) is 0 Å². The van der Waals surface area contributed by atoms with Crippen molar-refractivity contribution in [2.75, 3.05) is 13.1 Å². The summed E-state index contributed by atoms with van der Waals surface area (Å²) in [6, 6.07) is 11.3. The number of nitrogens with one attached hydrogen (secondary N) is 1. The first kappa shape index (κ1) is 17.1. The number of amides is 2. The Labute approximate surface area is 148 Å². The first-order valence-electron chi connectivity index (χ1n) is 8.75. The summed E-state index contributed by atoms with van der Waals surface area (Å²) in [6.07, 6.45) is 6.28. The molecule has 1 aliphatic heterocycles. The Balaban J connectivity index is 1.70. The molecule has 1 fully saturated rings. The second-order valence-corrected chi connectivity index (χ2v) is 6.42. The van der Waals surface area contributed by atoms with E-state index in [9.17, 15) is 9.59 Å². The molecule has 1 atom stereocenters. The molecule has 1 saturated heterocycles. The molecule has 2 amide bonds. The van der Waals surface area contributed by atoms with Gasteiger partial charge in [0, 0.05) is 25.5 Å². The van der Waals surface area contributed by atoms with Crippen molar-refractivity contribution in [3.8, 4) is 0 Å². The normalized spacial score (nSPS) is 15.5. The fraction of sp³-hybridized carbons (Fsp3) is 0.350. The zero-order valence-corrected chi connectivity index (χ0v) is 14.4. The monoisotopic (exact) mass is 337 g/mol. The van der Waals surface area contributed by atoms with Crippen LogP contribution in [0, 0.1) is 0 Å². The lowest BCUT2D eigenvalue weighted by Gasteiger charge is -2.26. The number of nitrogens with zero attached hydrogens (tertiary/aromatic N) is 2. The van der Waals surface area contributed by atoms with Gasteiger partial charge in [0.25, 0.3) is 11.8 Å². The minimum absolute atomic E-state index is 0.0436. The molecule has 3 rings (SSSR count). The maximum atomic E-state index is 12.6. The molecule has 1 unspecified atom stereocenters. The van der Waals surface area contributed by atoms with Gasteiger partial charge in [-0.15, -0.1) is 0 Å². The highest BCUT2D eigenvalue weighted by molar-refractivity contribution is 5.99. The van der Waals surface area contributed by atoms with Crippen LogP contribution >= 0.6 is 0 Å². The molecule has 0 saturated carbocycles. The van der Waals surface area contributed by atoms with E-state index >= 15 is 0 Å². The van der Waals surface area contributed by atoms with Crippen molar-refractivity contribution in [3.05, 3.63) is 65.5 Å². The summed E-state index contributed by atoms with van der Waals surface area (Å²) in [4.78, 5) is 31.0. The van der Waals surface area contributed by atoms with E-state index in [4.69, 9.17) is 0 Å². The van der Waals surface area contributed by atoms with Gasteiger partial charge >= 0.3 is 0 Å². The maximum Gasteiger partial charge on any atom is 0.255 e. The van der Waals surface area contributed by atoms with E-state index < -0.39 is 0 Å². The number of hydrogen-bond acceptors (Lipinski definition) is 3. The van der Waals surface area contributed by atoms with E-state index in [0.29, 0.717) is 11.1 Å². The molecule has 0 aliphatic carbocycles. The number of aromatic nitrogens is 1. The third-order valence-corrected chi connectivity index (χ3v) is 4.54. The average molecular weight is 337 g/mol. The molecular formula is C20H23N3O2. The van der Waals surface area contributed by atoms with Crippen LogP contribution in [-0.2, 0) is 0 Å². The molecule has 5 nitrogen and oxygen atoms in total. The lowest BCUT2D eigenvalue weighted by molar-refractivity contribution is 0.0724. The van der Waals surface area contributed by atoms with Gasteiger partial charge in [0.15, 0.2) is 0 Å². The van der Waals surface area contributed by atoms with E-state index in [2.05, 4.69) is 10.3 Å². The summed E-state index contributed by atoms with van der Waals surface area (Å²) in [5.74, 6) is -0.268. The standard InChI is InChI=1S/C20H23N3O2/c1-15(16-8-4-2-5-9-16)22-19(24)17-12-18(14-21-13-17)20(25)23-10-6-3-7-11-23/h2,4-5,8-9,12-15H,3,6-7,10-11H2,1H3,(H,22,24). The lowest BCUT2D eigenvalue weighted by Crippen LogP contribution is -2.36. The van der Waals surface area contributed by atoms with Crippen LogP contribution < -0.4 is 5.32 Å². The second kappa shape index (κ2) is 7.92. The summed E-state index contributed by atoms with van der Waals surface area (Å²) in [5, 5.41) is 2.95. The Morgan fingerprint density at radius 3 is 2.44 bits per heavy atom. The quantitative estimate of drug-likeness (QED) is 0.932. The predicted molar refractivity (Wildman–Crippen MR) is 96.3 cm³/mol. The first-order valence-corrected chi connectivity index (χ1v) is 8.75. The van der Waals surface area contributed by atoms with Crippen molar-refractivity contribution in [1.29, 1.82) is 0 Å². The molecular weight excluding hydrogens is 314 g/mol. The molecule has 25 heavy (non-hydrogen) atoms. The van der Waals surface area contributed by atoms with E-state index in [-0.39, 0.29) is 17.9 Å². The molecule has 1 N–H and O–H groups in total. The van der Waals surface area contributed by atoms with Gasteiger partial charge in [0.2, 0.25) is 0 Å². The SMILES string of the molecule is CC(NC(=O)c1cncc(C(=O)N2CCCCC2)c1)c1ccccc1. The van der Waals surface area contributed by atoms with Gasteiger partial charge in [-0.1, -0.05) is 30.3 Å². The van der Waals surface area contributed by atoms with E-state index in [1.165, 1.54) is 18.8 Å². The molecule has 1 aromatic heterocycles. The number of pyridine rings is 1. The van der Waals surface area contributed by atoms with Crippen LogP contribution in [0.4, 0.5) is 0 Å². The van der Waals surface area contributed by atoms with Crippen LogP contribution in [-0.4, -0.2) is 34.8 Å². The molecule has 0 bridgehead atoms. The van der Waals surface area contributed by atoms with Crippen LogP contribution in [0.3, 0.4) is 0 Å². The number of carbonyl (C=O) groups excluding carboxylic acids is 2. The molecule has 0 spiro atoms. The highest BCUT2D eigenvalue weighted by atomic mass is 16.2. The number of carbonyl (C=O) groups is 2. The van der Waals surface area contributed by atoms with Crippen molar-refractivity contribution in [2.24, 2.45) is 0 Å². The Kier molecular flexibility index (Phi) is 5.43. The Morgan fingerprint density at radius 2 is 1.72 bits per heavy atom. The minimum Gasteiger partial charge on any atom is -0.345 e. The Morgan fingerprint density at radius 1 is 1.04 bits per heavy atom. The maximum absolute atomic E-state index is 12.6. The van der Waals surface area contributed by atoms with Gasteiger partial charge in [-0.3, -0.25) is 14.6 Å². The predicted octanol–water partition coefficient (Wildman–Crippen LogP) is 3.20. The highest BCUT2D eigenvalue weighted by Gasteiger charge is 2.20. The zero-order valence-electron chi connectivity index (χ0n) is 14.4. The van der Waals surface area contributed by atoms with Crippen LogP contribution in [0.2, 0.25) is 0 Å². The molecule has 1 aliphatic rings. The topological polar surface area (TPSA) is 62.3 Å². The van der Waals surface area contributed by atoms with E-state index in [0.717, 1.165) is 31.5 Å². The lowest BCUT2D eigenvalue weighted by atomic mass is 10.1. The van der Waals surface area contributed by atoms with Gasteiger partial charge in [-0.05, 0) is 37.8 Å². The smallest absolute Gasteiger partial charge is 0.255 e. The summed E-state index contributed by atoms with van der Waals surface area (Å²) in [6.45, 7) is 3.49. The molecule has 2 aromatic rings. The number of benzene rings is 1. The second-order valence-electron chi connectivity index (χ2n) is 6.42. The van der Waals surface area contributed by atoms with Gasteiger partial charge in [-0.2, -0.15) is 0 Å². The third-order valence-electron chi connectivity index (χ3n) is 4.54. The summed E-state index contributed by atoms with van der Waals surface area (Å²) in [7, 11) is 0. The molecule has 2 heterocycles. The number of hydrogen-bond donors (Lipinski definition) is 1. The van der Waals surface area contributed by atoms with Crippen LogP contribution in [0.15, 0.2) is 48.8 Å². The Hall–Kier alpha value is -2.69. The van der Waals surface area contributed by atoms with Gasteiger partial charge in [0.1, 0.15) is 0 Å². The minimum atomic E-state index is -0.225.